The molecule has 1 N–H and O–H groups in total. The van der Waals surface area contributed by atoms with E-state index in [1.807, 2.05) is 24.3 Å². The van der Waals surface area contributed by atoms with Crippen molar-refractivity contribution < 1.29 is 14.3 Å². The van der Waals surface area contributed by atoms with Crippen LogP contribution in [0.15, 0.2) is 34.9 Å². The van der Waals surface area contributed by atoms with Crippen LogP contribution in [0.4, 0.5) is 11.7 Å². The van der Waals surface area contributed by atoms with Crippen molar-refractivity contribution in [2.24, 2.45) is 0 Å². The van der Waals surface area contributed by atoms with Gasteiger partial charge in [-0.15, -0.1) is 0 Å². The summed E-state index contributed by atoms with van der Waals surface area (Å²) in [7, 11) is 1.78. The molecule has 0 amide bonds. The number of hydrogen-bond acceptors (Lipinski definition) is 4. The molecule has 2 aromatic rings. The zero-order valence-electron chi connectivity index (χ0n) is 10.3. The molecule has 5 nitrogen and oxygen atoms in total. The van der Waals surface area contributed by atoms with Gasteiger partial charge < -0.3 is 9.52 Å². The van der Waals surface area contributed by atoms with Gasteiger partial charge >= 0.3 is 12.0 Å². The average molecular weight is 246 g/mol. The normalized spacial score (nSPS) is 10.3. The smallest absolute Gasteiger partial charge is 0.357 e. The van der Waals surface area contributed by atoms with Crippen LogP contribution in [-0.4, -0.2) is 23.1 Å². The maximum atomic E-state index is 10.7. The Hall–Kier alpha value is -2.30. The monoisotopic (exact) mass is 246 g/mol. The van der Waals surface area contributed by atoms with E-state index in [2.05, 4.69) is 11.9 Å². The lowest BCUT2D eigenvalue weighted by molar-refractivity contribution is 0.0690. The third-order valence-electron chi connectivity index (χ3n) is 2.73. The molecule has 0 bridgehead atoms. The molecule has 1 heterocycles. The summed E-state index contributed by atoms with van der Waals surface area (Å²) in [4.78, 5) is 16.3. The number of aromatic carboxylic acids is 1. The largest absolute Gasteiger partial charge is 0.476 e. The van der Waals surface area contributed by atoms with Gasteiger partial charge in [0.15, 0.2) is 5.69 Å². The molecule has 0 spiro atoms. The van der Waals surface area contributed by atoms with Crippen molar-refractivity contribution in [1.29, 1.82) is 0 Å². The predicted molar refractivity (Wildman–Crippen MR) is 67.3 cm³/mol. The van der Waals surface area contributed by atoms with Gasteiger partial charge in [0, 0.05) is 12.7 Å². The molecule has 1 aromatic heterocycles. The van der Waals surface area contributed by atoms with Crippen LogP contribution in [0.2, 0.25) is 0 Å². The Kier molecular flexibility index (Phi) is 3.32. The highest BCUT2D eigenvalue weighted by atomic mass is 16.4. The van der Waals surface area contributed by atoms with Crippen LogP contribution in [0.25, 0.3) is 0 Å². The van der Waals surface area contributed by atoms with Crippen molar-refractivity contribution in [3.05, 3.63) is 41.8 Å². The van der Waals surface area contributed by atoms with Gasteiger partial charge in [0.1, 0.15) is 6.26 Å². The lowest BCUT2D eigenvalue weighted by Crippen LogP contribution is -2.10. The minimum atomic E-state index is -1.10. The standard InChI is InChI=1S/C13H14N2O3/c1-3-9-4-6-10(7-5-9)15(2)13-14-11(8-18-13)12(16)17/h4-8H,3H2,1-2H3,(H,16,17). The summed E-state index contributed by atoms with van der Waals surface area (Å²) in [6, 6.07) is 8.20. The third kappa shape index (κ3) is 2.34. The molecule has 0 radical (unpaired) electrons. The van der Waals surface area contributed by atoms with Crippen LogP contribution in [0.3, 0.4) is 0 Å². The number of carbonyl (C=O) groups is 1. The molecule has 0 fully saturated rings. The fraction of sp³-hybridized carbons (Fsp3) is 0.231. The lowest BCUT2D eigenvalue weighted by Gasteiger charge is -2.14. The number of oxazole rings is 1. The van der Waals surface area contributed by atoms with Gasteiger partial charge in [-0.1, -0.05) is 19.1 Å². The minimum Gasteiger partial charge on any atom is -0.476 e. The van der Waals surface area contributed by atoms with Gasteiger partial charge in [-0.3, -0.25) is 4.90 Å². The van der Waals surface area contributed by atoms with E-state index in [4.69, 9.17) is 9.52 Å². The van der Waals surface area contributed by atoms with E-state index in [1.54, 1.807) is 11.9 Å². The third-order valence-corrected chi connectivity index (χ3v) is 2.73. The lowest BCUT2D eigenvalue weighted by atomic mass is 10.1. The number of hydrogen-bond donors (Lipinski definition) is 1. The molecule has 0 atom stereocenters. The highest BCUT2D eigenvalue weighted by Crippen LogP contribution is 2.23. The summed E-state index contributed by atoms with van der Waals surface area (Å²) in [6.07, 6.45) is 2.11. The molecule has 2 rings (SSSR count). The molecule has 0 aliphatic carbocycles. The van der Waals surface area contributed by atoms with Crippen LogP contribution < -0.4 is 4.90 Å². The SMILES string of the molecule is CCc1ccc(N(C)c2nc(C(=O)O)co2)cc1. The first-order chi connectivity index (χ1) is 8.61. The van der Waals surface area contributed by atoms with Crippen molar-refractivity contribution in [2.75, 3.05) is 11.9 Å². The van der Waals surface area contributed by atoms with E-state index in [1.165, 1.54) is 5.56 Å². The number of nitrogens with zero attached hydrogens (tertiary/aromatic N) is 2. The van der Waals surface area contributed by atoms with E-state index in [9.17, 15) is 4.79 Å². The van der Waals surface area contributed by atoms with Crippen LogP contribution in [0, 0.1) is 0 Å². The van der Waals surface area contributed by atoms with Crippen LogP contribution in [0.5, 0.6) is 0 Å². The van der Waals surface area contributed by atoms with Gasteiger partial charge in [0.05, 0.1) is 0 Å². The van der Waals surface area contributed by atoms with Crippen molar-refractivity contribution >= 4 is 17.7 Å². The van der Waals surface area contributed by atoms with Gasteiger partial charge in [-0.05, 0) is 24.1 Å². The van der Waals surface area contributed by atoms with Crippen molar-refractivity contribution in [3.63, 3.8) is 0 Å². The number of benzene rings is 1. The minimum absolute atomic E-state index is 0.0953. The fourth-order valence-corrected chi connectivity index (χ4v) is 1.58. The van der Waals surface area contributed by atoms with Crippen LogP contribution >= 0.6 is 0 Å². The van der Waals surface area contributed by atoms with E-state index in [0.29, 0.717) is 0 Å². The zero-order chi connectivity index (χ0) is 13.1. The second-order valence-electron chi connectivity index (χ2n) is 3.90. The Morgan fingerprint density at radius 3 is 2.56 bits per heavy atom. The summed E-state index contributed by atoms with van der Waals surface area (Å²) in [6.45, 7) is 2.09. The Labute approximate surface area is 105 Å². The number of anilines is 2. The Bertz CT molecular complexity index is 546. The first-order valence-electron chi connectivity index (χ1n) is 5.63. The number of aryl methyl sites for hydroxylation is 1. The Balaban J connectivity index is 2.23. The van der Waals surface area contributed by atoms with Crippen LogP contribution in [-0.2, 0) is 6.42 Å². The molecule has 5 heteroatoms. The summed E-state index contributed by atoms with van der Waals surface area (Å²) < 4.78 is 5.13. The van der Waals surface area contributed by atoms with Crippen LogP contribution in [0.1, 0.15) is 23.0 Å². The van der Waals surface area contributed by atoms with Gasteiger partial charge in [-0.2, -0.15) is 4.98 Å². The molecule has 0 unspecified atom stereocenters. The van der Waals surface area contributed by atoms with Gasteiger partial charge in [0.25, 0.3) is 0 Å². The van der Waals surface area contributed by atoms with Gasteiger partial charge in [0.2, 0.25) is 0 Å². The second-order valence-corrected chi connectivity index (χ2v) is 3.90. The second kappa shape index (κ2) is 4.91. The average Bonchev–Trinajstić information content (AvgIpc) is 2.88. The van der Waals surface area contributed by atoms with E-state index in [0.717, 1.165) is 18.4 Å². The predicted octanol–water partition coefficient (Wildman–Crippen LogP) is 2.70. The molecular formula is C13H14N2O3. The van der Waals surface area contributed by atoms with E-state index >= 15 is 0 Å². The van der Waals surface area contributed by atoms with Crippen molar-refractivity contribution in [1.82, 2.24) is 4.98 Å². The van der Waals surface area contributed by atoms with E-state index < -0.39 is 5.97 Å². The van der Waals surface area contributed by atoms with E-state index in [-0.39, 0.29) is 11.7 Å². The first-order valence-corrected chi connectivity index (χ1v) is 5.63. The molecule has 0 aliphatic rings. The summed E-state index contributed by atoms with van der Waals surface area (Å²) >= 11 is 0. The van der Waals surface area contributed by atoms with Crippen molar-refractivity contribution in [2.45, 2.75) is 13.3 Å². The van der Waals surface area contributed by atoms with Gasteiger partial charge in [-0.25, -0.2) is 4.79 Å². The van der Waals surface area contributed by atoms with Crippen molar-refractivity contribution in [3.8, 4) is 0 Å². The molecule has 1 aromatic carbocycles. The summed E-state index contributed by atoms with van der Waals surface area (Å²) in [5.74, 6) is -1.10. The molecule has 94 valence electrons. The topological polar surface area (TPSA) is 66.6 Å². The maximum absolute atomic E-state index is 10.7. The first kappa shape index (κ1) is 12.2. The summed E-state index contributed by atoms with van der Waals surface area (Å²) in [5.41, 5.74) is 2.04. The number of carboxylic acids is 1. The molecule has 0 saturated heterocycles. The molecule has 18 heavy (non-hydrogen) atoms. The fourth-order valence-electron chi connectivity index (χ4n) is 1.58. The molecular weight excluding hydrogens is 232 g/mol. The Morgan fingerprint density at radius 2 is 2.06 bits per heavy atom. The number of aromatic nitrogens is 1. The number of rotatable bonds is 4. The molecule has 0 saturated carbocycles. The summed E-state index contributed by atoms with van der Waals surface area (Å²) in [5, 5.41) is 8.78. The highest BCUT2D eigenvalue weighted by molar-refractivity contribution is 5.85. The highest BCUT2D eigenvalue weighted by Gasteiger charge is 2.14. The quantitative estimate of drug-likeness (QED) is 0.898. The Morgan fingerprint density at radius 1 is 1.39 bits per heavy atom. The molecule has 0 aliphatic heterocycles. The number of carboxylic acid groups (broad SMARTS) is 1. The maximum Gasteiger partial charge on any atom is 0.357 e. The zero-order valence-corrected chi connectivity index (χ0v) is 10.3.